The van der Waals surface area contributed by atoms with Gasteiger partial charge >= 0.3 is 0 Å². The molecule has 0 fully saturated rings. The first kappa shape index (κ1) is 35.9. The van der Waals surface area contributed by atoms with Gasteiger partial charge in [-0.2, -0.15) is 0 Å². The van der Waals surface area contributed by atoms with Gasteiger partial charge < -0.3 is 14.2 Å². The van der Waals surface area contributed by atoms with Gasteiger partial charge in [0.05, 0.1) is 11.1 Å². The zero-order chi connectivity index (χ0) is 41.5. The van der Waals surface area contributed by atoms with Crippen LogP contribution in [-0.4, -0.2) is 0 Å². The van der Waals surface area contributed by atoms with Crippen LogP contribution in [0.5, 0.6) is 0 Å². The summed E-state index contributed by atoms with van der Waals surface area (Å²) < 4.78 is 7.02. The molecule has 2 heterocycles. The summed E-state index contributed by atoms with van der Waals surface area (Å²) in [5, 5.41) is 4.55. The van der Waals surface area contributed by atoms with E-state index in [0.29, 0.717) is 0 Å². The van der Waals surface area contributed by atoms with Crippen molar-refractivity contribution in [3.63, 3.8) is 0 Å². The Morgan fingerprint density at radius 3 is 1.60 bits per heavy atom. The smallest absolute Gasteiger partial charge is 0.159 e. The molecular weight excluding hydrogens is 785 g/mol. The van der Waals surface area contributed by atoms with Crippen LogP contribution in [0.4, 0.5) is 34.1 Å². The van der Waals surface area contributed by atoms with Crippen LogP contribution in [0.1, 0.15) is 22.3 Å². The summed E-state index contributed by atoms with van der Waals surface area (Å²) in [6.07, 6.45) is 0. The van der Waals surface area contributed by atoms with Crippen LogP contribution in [0.15, 0.2) is 245 Å². The third-order valence-electron chi connectivity index (χ3n) is 13.0. The molecule has 296 valence electrons. The molecule has 10 aromatic carbocycles. The van der Waals surface area contributed by atoms with Crippen molar-refractivity contribution < 1.29 is 4.42 Å². The van der Waals surface area contributed by atoms with Crippen molar-refractivity contribution in [1.29, 1.82) is 0 Å². The van der Waals surface area contributed by atoms with Crippen molar-refractivity contribution in [3.05, 3.63) is 253 Å². The van der Waals surface area contributed by atoms with Gasteiger partial charge in [-0.3, -0.25) is 0 Å². The fourth-order valence-electron chi connectivity index (χ4n) is 10.4. The minimum Gasteiger partial charge on any atom is -0.454 e. The predicted molar refractivity (Wildman–Crippen MR) is 262 cm³/mol. The highest BCUT2D eigenvalue weighted by Gasteiger charge is 2.50. The molecule has 0 radical (unpaired) electrons. The lowest BCUT2D eigenvalue weighted by atomic mass is 9.67. The number of para-hydroxylation sites is 3. The van der Waals surface area contributed by atoms with Gasteiger partial charge in [0, 0.05) is 49.0 Å². The molecule has 0 unspecified atom stereocenters. The van der Waals surface area contributed by atoms with E-state index in [2.05, 4.69) is 240 Å². The lowest BCUT2D eigenvalue weighted by Gasteiger charge is -2.40. The molecule has 1 aromatic heterocycles. The third kappa shape index (κ3) is 5.41. The number of furan rings is 1. The van der Waals surface area contributed by atoms with E-state index in [0.717, 1.165) is 61.4 Å². The molecule has 0 amide bonds. The summed E-state index contributed by atoms with van der Waals surface area (Å²) in [6, 6.07) is 83.9. The van der Waals surface area contributed by atoms with Gasteiger partial charge in [-0.15, -0.1) is 0 Å². The maximum absolute atomic E-state index is 7.02. The number of fused-ring (bicyclic) bond motifs is 13. The molecule has 3 nitrogen and oxygen atoms in total. The summed E-state index contributed by atoms with van der Waals surface area (Å²) in [4.78, 5) is 7.28. The molecule has 4 heteroatoms. The third-order valence-corrected chi connectivity index (χ3v) is 14.2. The molecule has 13 rings (SSSR count). The monoisotopic (exact) mass is 822 g/mol. The van der Waals surface area contributed by atoms with E-state index in [-0.39, 0.29) is 0 Å². The Hall–Kier alpha value is -7.79. The SMILES string of the molecule is c1ccc(N(c2ccccc2)c2cccc(N(c3ccc4c(c3)C3(c5ccccc5S4)c4ccccc4-c4ccccc43)c3cccc4c3oc3cc5ccccc5cc34)c2)cc1. The quantitative estimate of drug-likeness (QED) is 0.166. The number of rotatable bonds is 6. The van der Waals surface area contributed by atoms with Crippen LogP contribution in [0.25, 0.3) is 43.8 Å². The largest absolute Gasteiger partial charge is 0.454 e. The van der Waals surface area contributed by atoms with E-state index in [1.807, 2.05) is 11.8 Å². The number of hydrogen-bond acceptors (Lipinski definition) is 4. The lowest BCUT2D eigenvalue weighted by Crippen LogP contribution is -2.32. The Bertz CT molecular complexity index is 3490. The lowest BCUT2D eigenvalue weighted by molar-refractivity contribution is 0.669. The van der Waals surface area contributed by atoms with Crippen LogP contribution < -0.4 is 9.80 Å². The van der Waals surface area contributed by atoms with Gasteiger partial charge in [-0.1, -0.05) is 157 Å². The Morgan fingerprint density at radius 1 is 0.349 bits per heavy atom. The zero-order valence-electron chi connectivity index (χ0n) is 34.2. The normalized spacial score (nSPS) is 13.1. The maximum atomic E-state index is 7.02. The van der Waals surface area contributed by atoms with E-state index in [1.165, 1.54) is 48.6 Å². The predicted octanol–water partition coefficient (Wildman–Crippen LogP) is 16.5. The molecular formula is C59H38N2OS. The van der Waals surface area contributed by atoms with Gasteiger partial charge in [-0.05, 0) is 129 Å². The van der Waals surface area contributed by atoms with Crippen LogP contribution in [-0.2, 0) is 5.41 Å². The Balaban J connectivity index is 1.09. The molecule has 63 heavy (non-hydrogen) atoms. The van der Waals surface area contributed by atoms with Crippen molar-refractivity contribution in [2.75, 3.05) is 9.80 Å². The second-order valence-corrected chi connectivity index (χ2v) is 17.5. The first-order valence-electron chi connectivity index (χ1n) is 21.5. The summed E-state index contributed by atoms with van der Waals surface area (Å²) in [7, 11) is 0. The summed E-state index contributed by atoms with van der Waals surface area (Å²) in [6.45, 7) is 0. The molecule has 0 atom stereocenters. The highest BCUT2D eigenvalue weighted by Crippen LogP contribution is 2.63. The first-order chi connectivity index (χ1) is 31.2. The van der Waals surface area contributed by atoms with Crippen LogP contribution in [0, 0.1) is 0 Å². The zero-order valence-corrected chi connectivity index (χ0v) is 35.0. The maximum Gasteiger partial charge on any atom is 0.159 e. The van der Waals surface area contributed by atoms with Crippen molar-refractivity contribution in [1.82, 2.24) is 0 Å². The standard InChI is InChI=1S/C59H38N2OS/c1-3-19-41(20-4-1)60(42-21-5-2-6-22-42)43-23-15-24-44(37-43)61(54-31-16-27-48-49-35-39-17-7-8-18-40(39)36-55(49)62-58(48)54)45-33-34-57-53(38-45)59(52-30-13-14-32-56(52)63-57)50-28-11-9-25-46(50)47-26-10-12-29-51(47)59/h1-38H. The number of benzene rings is 10. The van der Waals surface area contributed by atoms with Gasteiger partial charge in [0.2, 0.25) is 0 Å². The highest BCUT2D eigenvalue weighted by molar-refractivity contribution is 7.99. The Morgan fingerprint density at radius 2 is 0.889 bits per heavy atom. The minimum atomic E-state index is -0.517. The summed E-state index contributed by atoms with van der Waals surface area (Å²) >= 11 is 1.87. The van der Waals surface area contributed by atoms with Crippen LogP contribution in [0.2, 0.25) is 0 Å². The van der Waals surface area contributed by atoms with E-state index >= 15 is 0 Å². The van der Waals surface area contributed by atoms with Gasteiger partial charge in [0.15, 0.2) is 5.58 Å². The fourth-order valence-corrected chi connectivity index (χ4v) is 11.6. The minimum absolute atomic E-state index is 0.517. The second-order valence-electron chi connectivity index (χ2n) is 16.4. The second kappa shape index (κ2) is 14.1. The van der Waals surface area contributed by atoms with E-state index in [1.54, 1.807) is 0 Å². The molecule has 0 saturated carbocycles. The summed E-state index contributed by atoms with van der Waals surface area (Å²) in [5.74, 6) is 0. The highest BCUT2D eigenvalue weighted by atomic mass is 32.2. The van der Waals surface area contributed by atoms with Crippen LogP contribution >= 0.6 is 11.8 Å². The number of anilines is 6. The van der Waals surface area contributed by atoms with Gasteiger partial charge in [-0.25, -0.2) is 0 Å². The molecule has 0 bridgehead atoms. The van der Waals surface area contributed by atoms with E-state index in [4.69, 9.17) is 4.42 Å². The average Bonchev–Trinajstić information content (AvgIpc) is 3.86. The first-order valence-corrected chi connectivity index (χ1v) is 22.3. The van der Waals surface area contributed by atoms with Crippen molar-refractivity contribution in [2.45, 2.75) is 15.2 Å². The molecule has 11 aromatic rings. The molecule has 0 saturated heterocycles. The molecule has 0 N–H and O–H groups in total. The number of hydrogen-bond donors (Lipinski definition) is 0. The summed E-state index contributed by atoms with van der Waals surface area (Å²) in [5.41, 5.74) is 15.3. The topological polar surface area (TPSA) is 19.6 Å². The Labute approximate surface area is 370 Å². The van der Waals surface area contributed by atoms with Crippen molar-refractivity contribution in [2.24, 2.45) is 0 Å². The molecule has 1 aliphatic heterocycles. The molecule has 2 aliphatic rings. The van der Waals surface area contributed by atoms with E-state index < -0.39 is 5.41 Å². The number of nitrogens with zero attached hydrogens (tertiary/aromatic N) is 2. The average molecular weight is 823 g/mol. The van der Waals surface area contributed by atoms with Crippen molar-refractivity contribution >= 4 is 78.6 Å². The molecule has 1 aliphatic carbocycles. The van der Waals surface area contributed by atoms with E-state index in [9.17, 15) is 0 Å². The fraction of sp³-hybridized carbons (Fsp3) is 0.0169. The molecule has 1 spiro atoms. The Kier molecular flexibility index (Phi) is 8.06. The van der Waals surface area contributed by atoms with Crippen LogP contribution in [0.3, 0.4) is 0 Å². The van der Waals surface area contributed by atoms with Gasteiger partial charge in [0.1, 0.15) is 5.58 Å². The van der Waals surface area contributed by atoms with Crippen molar-refractivity contribution in [3.8, 4) is 11.1 Å². The van der Waals surface area contributed by atoms with Gasteiger partial charge in [0.25, 0.3) is 0 Å².